The Balaban J connectivity index is 3.84. The van der Waals surface area contributed by atoms with Gasteiger partial charge in [-0.2, -0.15) is 10.2 Å². The van der Waals surface area contributed by atoms with Crippen LogP contribution in [0.3, 0.4) is 0 Å². The van der Waals surface area contributed by atoms with Gasteiger partial charge in [0.15, 0.2) is 0 Å². The number of hydrogen-bond donors (Lipinski definition) is 1. The quantitative estimate of drug-likeness (QED) is 0.656. The Bertz CT molecular complexity index is 191. The lowest BCUT2D eigenvalue weighted by Gasteiger charge is -2.17. The molecule has 0 aliphatic carbocycles. The third-order valence-electron chi connectivity index (χ3n) is 1.02. The molecule has 0 spiro atoms. The minimum absolute atomic E-state index is 0.0910. The van der Waals surface area contributed by atoms with Crippen LogP contribution in [-0.2, 0) is 0 Å². The summed E-state index contributed by atoms with van der Waals surface area (Å²) in [7, 11) is 0. The molecule has 0 aromatic rings. The maximum absolute atomic E-state index is 4.07. The van der Waals surface area contributed by atoms with Crippen LogP contribution in [0.2, 0.25) is 0 Å². The highest BCUT2D eigenvalue weighted by atomic mass is 15.1. The van der Waals surface area contributed by atoms with Gasteiger partial charge in [0.05, 0.1) is 11.7 Å². The first-order valence-electron chi connectivity index (χ1n) is 4.55. The van der Waals surface area contributed by atoms with Crippen molar-refractivity contribution in [3.8, 4) is 0 Å². The first-order chi connectivity index (χ1) is 5.71. The van der Waals surface area contributed by atoms with Crippen molar-refractivity contribution in [3.63, 3.8) is 0 Å². The van der Waals surface area contributed by atoms with Crippen molar-refractivity contribution in [2.75, 3.05) is 0 Å². The molecule has 0 heterocycles. The first-order valence-corrected chi connectivity index (χ1v) is 4.55. The minimum atomic E-state index is -0.0912. The Morgan fingerprint density at radius 3 is 1.92 bits per heavy atom. The molecule has 13 heavy (non-hydrogen) atoms. The summed E-state index contributed by atoms with van der Waals surface area (Å²) in [4.78, 5) is 0. The fraction of sp³-hybridized carbons (Fsp3) is 0.800. The second-order valence-electron chi connectivity index (χ2n) is 5.10. The molecule has 0 aliphatic heterocycles. The largest absolute Gasteiger partial charge is 0.385 e. The van der Waals surface area contributed by atoms with Gasteiger partial charge in [0, 0.05) is 11.7 Å². The Kier molecular flexibility index (Phi) is 4.11. The van der Waals surface area contributed by atoms with E-state index in [2.05, 4.69) is 36.3 Å². The second-order valence-corrected chi connectivity index (χ2v) is 5.10. The highest BCUT2D eigenvalue weighted by Gasteiger charge is 2.06. The zero-order valence-corrected chi connectivity index (χ0v) is 9.55. The molecule has 0 amide bonds. The van der Waals surface area contributed by atoms with Crippen LogP contribution >= 0.6 is 0 Å². The van der Waals surface area contributed by atoms with E-state index in [0.717, 1.165) is 0 Å². The van der Waals surface area contributed by atoms with Gasteiger partial charge in [-0.3, -0.25) is 0 Å². The van der Waals surface area contributed by atoms with Crippen LogP contribution in [0.4, 0.5) is 0 Å². The molecule has 0 aliphatic rings. The van der Waals surface area contributed by atoms with Crippen LogP contribution < -0.4 is 5.32 Å². The summed E-state index contributed by atoms with van der Waals surface area (Å²) in [5.74, 6) is 0. The third kappa shape index (κ3) is 11.1. The van der Waals surface area contributed by atoms with Gasteiger partial charge in [-0.1, -0.05) is 0 Å². The van der Waals surface area contributed by atoms with Gasteiger partial charge in [-0.15, -0.1) is 0 Å². The molecule has 0 saturated carbocycles. The van der Waals surface area contributed by atoms with Gasteiger partial charge >= 0.3 is 0 Å². The first kappa shape index (κ1) is 12.1. The molecule has 0 aromatic heterocycles. The summed E-state index contributed by atoms with van der Waals surface area (Å²) >= 11 is 0. The van der Waals surface area contributed by atoms with Crippen molar-refractivity contribution < 1.29 is 0 Å². The van der Waals surface area contributed by atoms with Gasteiger partial charge in [0.2, 0.25) is 0 Å². The highest BCUT2D eigenvalue weighted by molar-refractivity contribution is 4.84. The van der Waals surface area contributed by atoms with Gasteiger partial charge in [0.25, 0.3) is 0 Å². The minimum Gasteiger partial charge on any atom is -0.385 e. The topological polar surface area (TPSA) is 36.8 Å². The maximum atomic E-state index is 4.07. The van der Waals surface area contributed by atoms with Crippen LogP contribution in [0.15, 0.2) is 22.6 Å². The predicted molar refractivity (Wildman–Crippen MR) is 56.6 cm³/mol. The van der Waals surface area contributed by atoms with E-state index in [1.165, 1.54) is 0 Å². The number of nitrogens with zero attached hydrogens (tertiary/aromatic N) is 2. The molecule has 0 bridgehead atoms. The van der Waals surface area contributed by atoms with Gasteiger partial charge < -0.3 is 5.32 Å². The fourth-order valence-corrected chi connectivity index (χ4v) is 0.527. The Morgan fingerprint density at radius 2 is 1.54 bits per heavy atom. The number of azo groups is 1. The van der Waals surface area contributed by atoms with Crippen LogP contribution in [0.25, 0.3) is 0 Å². The average molecular weight is 183 g/mol. The molecular formula is C10H21N3. The van der Waals surface area contributed by atoms with Crippen molar-refractivity contribution >= 4 is 0 Å². The highest BCUT2D eigenvalue weighted by Crippen LogP contribution is 2.06. The predicted octanol–water partition coefficient (Wildman–Crippen LogP) is 3.10. The molecule has 3 heteroatoms. The summed E-state index contributed by atoms with van der Waals surface area (Å²) in [6.45, 7) is 12.3. The SMILES string of the molecule is CC(C)(C)N=NC=CNC(C)(C)C. The number of hydrogen-bond acceptors (Lipinski definition) is 3. The Morgan fingerprint density at radius 1 is 1.00 bits per heavy atom. The van der Waals surface area contributed by atoms with Crippen molar-refractivity contribution in [1.82, 2.24) is 5.32 Å². The van der Waals surface area contributed by atoms with E-state index in [-0.39, 0.29) is 11.1 Å². The van der Waals surface area contributed by atoms with E-state index in [1.54, 1.807) is 6.20 Å². The molecule has 0 radical (unpaired) electrons. The molecule has 0 fully saturated rings. The van der Waals surface area contributed by atoms with E-state index in [9.17, 15) is 0 Å². The molecule has 0 atom stereocenters. The molecule has 0 saturated heterocycles. The van der Waals surface area contributed by atoms with Crippen molar-refractivity contribution in [3.05, 3.63) is 12.4 Å². The van der Waals surface area contributed by atoms with Crippen molar-refractivity contribution in [1.29, 1.82) is 0 Å². The smallest absolute Gasteiger partial charge is 0.0736 e. The molecular weight excluding hydrogens is 162 g/mol. The normalized spacial score (nSPS) is 14.3. The average Bonchev–Trinajstić information content (AvgIpc) is 1.81. The van der Waals surface area contributed by atoms with Crippen LogP contribution in [0, 0.1) is 0 Å². The Hall–Kier alpha value is -0.860. The standard InChI is InChI=1S/C10H21N3/c1-9(2,3)11-7-8-12-13-10(4,5)6/h7-8,11H,1-6H3. The summed E-state index contributed by atoms with van der Waals surface area (Å²) in [6, 6.07) is 0. The summed E-state index contributed by atoms with van der Waals surface area (Å²) in [6.07, 6.45) is 3.49. The second kappa shape index (κ2) is 4.40. The van der Waals surface area contributed by atoms with E-state index in [4.69, 9.17) is 0 Å². The van der Waals surface area contributed by atoms with Gasteiger partial charge in [0.1, 0.15) is 0 Å². The zero-order chi connectivity index (χ0) is 10.5. The lowest BCUT2D eigenvalue weighted by Crippen LogP contribution is -2.30. The van der Waals surface area contributed by atoms with Crippen LogP contribution in [-0.4, -0.2) is 11.1 Å². The van der Waals surface area contributed by atoms with Crippen molar-refractivity contribution in [2.45, 2.75) is 52.6 Å². The number of nitrogens with one attached hydrogen (secondary N) is 1. The lowest BCUT2D eigenvalue weighted by atomic mass is 10.1. The molecule has 0 unspecified atom stereocenters. The molecule has 0 rings (SSSR count). The summed E-state index contributed by atoms with van der Waals surface area (Å²) in [5, 5.41) is 11.2. The number of rotatable bonds is 2. The van der Waals surface area contributed by atoms with E-state index >= 15 is 0 Å². The van der Waals surface area contributed by atoms with Crippen LogP contribution in [0.1, 0.15) is 41.5 Å². The van der Waals surface area contributed by atoms with E-state index < -0.39 is 0 Å². The van der Waals surface area contributed by atoms with Crippen molar-refractivity contribution in [2.24, 2.45) is 10.2 Å². The van der Waals surface area contributed by atoms with Gasteiger partial charge in [-0.25, -0.2) is 0 Å². The maximum Gasteiger partial charge on any atom is 0.0736 e. The molecule has 1 N–H and O–H groups in total. The fourth-order valence-electron chi connectivity index (χ4n) is 0.527. The molecule has 3 nitrogen and oxygen atoms in total. The Labute approximate surface area is 81.3 Å². The molecule has 0 aromatic carbocycles. The summed E-state index contributed by atoms with van der Waals surface area (Å²) in [5.41, 5.74) is -0.000174. The van der Waals surface area contributed by atoms with E-state index in [0.29, 0.717) is 0 Å². The third-order valence-corrected chi connectivity index (χ3v) is 1.02. The van der Waals surface area contributed by atoms with E-state index in [1.807, 2.05) is 27.0 Å². The summed E-state index contributed by atoms with van der Waals surface area (Å²) < 4.78 is 0. The lowest BCUT2D eigenvalue weighted by molar-refractivity contribution is 0.490. The zero-order valence-electron chi connectivity index (χ0n) is 9.55. The van der Waals surface area contributed by atoms with Crippen LogP contribution in [0.5, 0.6) is 0 Å². The molecule has 76 valence electrons. The van der Waals surface area contributed by atoms with Gasteiger partial charge in [-0.05, 0) is 41.5 Å². The monoisotopic (exact) mass is 183 g/mol.